The number of ether oxygens (including phenoxy) is 1. The van der Waals surface area contributed by atoms with Crippen molar-refractivity contribution in [3.05, 3.63) is 122 Å². The van der Waals surface area contributed by atoms with Crippen LogP contribution < -0.4 is 15.0 Å². The Hall–Kier alpha value is -4.01. The van der Waals surface area contributed by atoms with Crippen molar-refractivity contribution in [2.45, 2.75) is 24.7 Å². The topological polar surface area (TPSA) is 74.2 Å². The molecular weight excluding hydrogens is 622 g/mol. The van der Waals surface area contributed by atoms with Crippen LogP contribution in [0.15, 0.2) is 99.3 Å². The van der Waals surface area contributed by atoms with Gasteiger partial charge in [-0.3, -0.25) is 4.79 Å². The lowest BCUT2D eigenvalue weighted by Crippen LogP contribution is -2.37. The number of carbonyl (C=O) groups is 1. The molecule has 2 N–H and O–H groups in total. The summed E-state index contributed by atoms with van der Waals surface area (Å²) in [5, 5.41) is 13.7. The zero-order valence-electron chi connectivity index (χ0n) is 23.6. The van der Waals surface area contributed by atoms with Crippen molar-refractivity contribution >= 4 is 56.2 Å². The maximum atomic E-state index is 13.0. The van der Waals surface area contributed by atoms with E-state index in [4.69, 9.17) is 9.73 Å². The summed E-state index contributed by atoms with van der Waals surface area (Å²) in [5.74, 6) is 0.710. The maximum Gasteiger partial charge on any atom is 0.264 e. The Morgan fingerprint density at radius 3 is 2.14 bits per heavy atom. The molecule has 0 unspecified atom stereocenters. The van der Waals surface area contributed by atoms with Gasteiger partial charge in [0.15, 0.2) is 16.7 Å². The zero-order chi connectivity index (χ0) is 29.5. The number of amidine groups is 1. The predicted molar refractivity (Wildman–Crippen MR) is 178 cm³/mol. The van der Waals surface area contributed by atoms with E-state index in [1.807, 2.05) is 0 Å². The second-order valence-corrected chi connectivity index (χ2v) is 12.9. The van der Waals surface area contributed by atoms with E-state index in [0.29, 0.717) is 20.3 Å². The van der Waals surface area contributed by atoms with Gasteiger partial charge < -0.3 is 20.1 Å². The Morgan fingerprint density at radius 1 is 0.953 bits per heavy atom. The van der Waals surface area contributed by atoms with E-state index in [0.717, 1.165) is 37.2 Å². The molecule has 1 fully saturated rings. The lowest BCUT2D eigenvalue weighted by atomic mass is 9.76. The van der Waals surface area contributed by atoms with Crippen LogP contribution in [-0.4, -0.2) is 36.4 Å². The molecule has 4 aromatic rings. The zero-order valence-corrected chi connectivity index (χ0v) is 26.0. The molecule has 0 aromatic heterocycles. The number of nitrogens with zero attached hydrogens (tertiary/aromatic N) is 2. The third kappa shape index (κ3) is 5.34. The van der Waals surface area contributed by atoms with E-state index in [2.05, 4.69) is 98.9 Å². The van der Waals surface area contributed by atoms with E-state index in [1.165, 1.54) is 46.8 Å². The summed E-state index contributed by atoms with van der Waals surface area (Å²) in [6, 6.07) is 29.4. The van der Waals surface area contributed by atoms with Gasteiger partial charge >= 0.3 is 0 Å². The van der Waals surface area contributed by atoms with E-state index in [9.17, 15) is 9.90 Å². The number of phenols is 1. The normalized spacial score (nSPS) is 21.2. The first kappa shape index (κ1) is 27.8. The van der Waals surface area contributed by atoms with Gasteiger partial charge in [-0.15, -0.1) is 0 Å². The molecule has 1 saturated heterocycles. The first-order valence-electron chi connectivity index (χ1n) is 14.4. The lowest BCUT2D eigenvalue weighted by molar-refractivity contribution is -0.115. The summed E-state index contributed by atoms with van der Waals surface area (Å²) >= 11 is 4.67. The number of aromatic hydroxyl groups is 1. The molecule has 0 saturated carbocycles. The number of anilines is 1. The fourth-order valence-electron chi connectivity index (χ4n) is 6.49. The summed E-state index contributed by atoms with van der Waals surface area (Å²) < 4.78 is 5.77. The number of halogens is 1. The number of benzene rings is 4. The molecule has 3 heterocycles. The molecule has 8 heteroatoms. The third-order valence-corrected chi connectivity index (χ3v) is 9.96. The van der Waals surface area contributed by atoms with Crippen LogP contribution in [0.3, 0.4) is 0 Å². The Bertz CT molecular complexity index is 1700. The molecule has 0 radical (unpaired) electrons. The van der Waals surface area contributed by atoms with Crippen LogP contribution in [0.1, 0.15) is 52.5 Å². The van der Waals surface area contributed by atoms with Gasteiger partial charge in [0, 0.05) is 30.6 Å². The van der Waals surface area contributed by atoms with Gasteiger partial charge in [-0.1, -0.05) is 60.7 Å². The summed E-state index contributed by atoms with van der Waals surface area (Å²) in [4.78, 5) is 21.1. The number of thioether (sulfide) groups is 1. The van der Waals surface area contributed by atoms with E-state index < -0.39 is 0 Å². The first-order chi connectivity index (χ1) is 21.0. The van der Waals surface area contributed by atoms with Gasteiger partial charge in [0.25, 0.3) is 5.91 Å². The number of methoxy groups -OCH3 is 1. The first-order valence-corrected chi connectivity index (χ1v) is 16.0. The monoisotopic (exact) mass is 651 g/mol. The highest BCUT2D eigenvalue weighted by Crippen LogP contribution is 2.50. The van der Waals surface area contributed by atoms with E-state index in [1.54, 1.807) is 18.2 Å². The number of amides is 1. The molecule has 3 aliphatic rings. The number of carbonyl (C=O) groups excluding carboxylic acids is 1. The number of hydrogen-bond donors (Lipinski definition) is 2. The van der Waals surface area contributed by atoms with Crippen LogP contribution in [0, 0.1) is 0 Å². The smallest absolute Gasteiger partial charge is 0.264 e. The van der Waals surface area contributed by atoms with Crippen LogP contribution in [0.4, 0.5) is 11.4 Å². The molecule has 1 amide bonds. The highest BCUT2D eigenvalue weighted by atomic mass is 79.9. The minimum atomic E-state index is -0.207. The number of nitrogens with one attached hydrogen (secondary N) is 1. The van der Waals surface area contributed by atoms with Crippen molar-refractivity contribution in [3.8, 4) is 11.5 Å². The summed E-state index contributed by atoms with van der Waals surface area (Å²) in [5.41, 5.74) is 8.18. The average molecular weight is 653 g/mol. The molecule has 3 aliphatic heterocycles. The fourth-order valence-corrected chi connectivity index (χ4v) is 7.79. The maximum absolute atomic E-state index is 13.0. The molecule has 216 valence electrons. The van der Waals surface area contributed by atoms with Gasteiger partial charge in [0.05, 0.1) is 22.2 Å². The Kier molecular flexibility index (Phi) is 7.49. The highest BCUT2D eigenvalue weighted by Gasteiger charge is 2.35. The molecule has 6 nitrogen and oxygen atoms in total. The standard InChI is InChI=1S/C35H30BrN3O3S/c1-42-30-17-21(16-29(36)33(30)40)18-31-34(41)38-35(43-31)37-24-19-27-25(22-8-4-2-5-9-22)12-14-39-15-13-26(28(20-24)32(27)39)23-10-6-3-7-11-23/h2-11,16-20,25-26,40H,12-15H2,1H3,(H,37,38,41)/b31-18-/t25-,26-/m1/s1. The number of aliphatic imine (C=N–C) groups is 1. The molecule has 4 aromatic carbocycles. The molecule has 7 rings (SSSR count). The van der Waals surface area contributed by atoms with Crippen LogP contribution in [-0.2, 0) is 4.79 Å². The van der Waals surface area contributed by atoms with Gasteiger partial charge in [-0.25, -0.2) is 4.99 Å². The van der Waals surface area contributed by atoms with Gasteiger partial charge in [0.1, 0.15) is 0 Å². The van der Waals surface area contributed by atoms with Crippen molar-refractivity contribution in [2.24, 2.45) is 4.99 Å². The van der Waals surface area contributed by atoms with Crippen molar-refractivity contribution < 1.29 is 14.6 Å². The SMILES string of the molecule is COc1cc(/C=C2\SC(=Nc3cc4c5c(c3)[C@@H](c3ccccc3)CCN5CC[C@@H]4c3ccccc3)NC2=O)cc(Br)c1O. The molecule has 0 aliphatic carbocycles. The van der Waals surface area contributed by atoms with Crippen LogP contribution in [0.2, 0.25) is 0 Å². The molecule has 0 spiro atoms. The second-order valence-electron chi connectivity index (χ2n) is 11.0. The van der Waals surface area contributed by atoms with E-state index in [-0.39, 0.29) is 23.5 Å². The summed E-state index contributed by atoms with van der Waals surface area (Å²) in [7, 11) is 1.50. The van der Waals surface area contributed by atoms with Crippen LogP contribution in [0.5, 0.6) is 11.5 Å². The fraction of sp³-hybridized carbons (Fsp3) is 0.200. The Balaban J connectivity index is 1.30. The van der Waals surface area contributed by atoms with Crippen LogP contribution >= 0.6 is 27.7 Å². The Labute approximate surface area is 263 Å². The number of hydrogen-bond acceptors (Lipinski definition) is 6. The van der Waals surface area contributed by atoms with Gasteiger partial charge in [-0.2, -0.15) is 0 Å². The molecular formula is C35H30BrN3O3S. The minimum absolute atomic E-state index is 0.0213. The van der Waals surface area contributed by atoms with Crippen LogP contribution in [0.25, 0.3) is 6.08 Å². The third-order valence-electron chi connectivity index (χ3n) is 8.45. The lowest BCUT2D eigenvalue weighted by Gasteiger charge is -2.43. The highest BCUT2D eigenvalue weighted by molar-refractivity contribution is 9.10. The molecule has 0 bridgehead atoms. The largest absolute Gasteiger partial charge is 0.503 e. The number of phenolic OH excluding ortho intramolecular Hbond substituents is 1. The second kappa shape index (κ2) is 11.6. The van der Waals surface area contributed by atoms with Gasteiger partial charge in [0.2, 0.25) is 0 Å². The quantitative estimate of drug-likeness (QED) is 0.214. The average Bonchev–Trinajstić information content (AvgIpc) is 3.37. The van der Waals surface area contributed by atoms with Crippen molar-refractivity contribution in [1.29, 1.82) is 0 Å². The van der Waals surface area contributed by atoms with E-state index >= 15 is 0 Å². The molecule has 43 heavy (non-hydrogen) atoms. The molecule has 2 atom stereocenters. The summed E-state index contributed by atoms with van der Waals surface area (Å²) in [6.07, 6.45) is 3.88. The van der Waals surface area contributed by atoms with Gasteiger partial charge in [-0.05, 0) is 98.7 Å². The van der Waals surface area contributed by atoms with Crippen molar-refractivity contribution in [1.82, 2.24) is 5.32 Å². The predicted octanol–water partition coefficient (Wildman–Crippen LogP) is 7.93. The summed E-state index contributed by atoms with van der Waals surface area (Å²) in [6.45, 7) is 2.07. The Morgan fingerprint density at radius 2 is 1.56 bits per heavy atom. The minimum Gasteiger partial charge on any atom is -0.503 e. The number of rotatable bonds is 5. The van der Waals surface area contributed by atoms with Crippen molar-refractivity contribution in [3.63, 3.8) is 0 Å². The van der Waals surface area contributed by atoms with Crippen molar-refractivity contribution in [2.75, 3.05) is 25.1 Å².